The summed E-state index contributed by atoms with van der Waals surface area (Å²) in [7, 11) is 0. The maximum absolute atomic E-state index is 13.4. The fourth-order valence-corrected chi connectivity index (χ4v) is 8.65. The second-order valence-electron chi connectivity index (χ2n) is 11.9. The van der Waals surface area contributed by atoms with Crippen molar-refractivity contribution >= 4 is 39.3 Å². The molecular weight excluding hydrogens is 484 g/mol. The van der Waals surface area contributed by atoms with E-state index in [4.69, 9.17) is 4.37 Å². The van der Waals surface area contributed by atoms with Gasteiger partial charge in [-0.25, -0.2) is 0 Å². The summed E-state index contributed by atoms with van der Waals surface area (Å²) >= 11 is 1.58. The van der Waals surface area contributed by atoms with Gasteiger partial charge in [-0.05, 0) is 73.0 Å². The van der Waals surface area contributed by atoms with Gasteiger partial charge in [0.1, 0.15) is 5.82 Å². The molecule has 1 aromatic heterocycles. The number of rotatable bonds is 7. The summed E-state index contributed by atoms with van der Waals surface area (Å²) in [6, 6.07) is 8.49. The molecule has 6 atom stereocenters. The van der Waals surface area contributed by atoms with Crippen LogP contribution in [-0.2, 0) is 9.59 Å². The smallest absolute Gasteiger partial charge is 0.233 e. The molecule has 2 aromatic rings. The van der Waals surface area contributed by atoms with E-state index in [2.05, 4.69) is 41.0 Å². The number of piperazine rings is 1. The van der Waals surface area contributed by atoms with Crippen LogP contribution in [0.5, 0.6) is 0 Å². The number of carbonyl (C=O) groups excluding carboxylic acids is 2. The molecule has 0 bridgehead atoms. The molecule has 2 saturated heterocycles. The second-order valence-corrected chi connectivity index (χ2v) is 12.7. The van der Waals surface area contributed by atoms with Gasteiger partial charge < -0.3 is 10.0 Å². The van der Waals surface area contributed by atoms with Crippen LogP contribution in [0.15, 0.2) is 24.3 Å². The Morgan fingerprint density at radius 1 is 0.946 bits per heavy atom. The molecule has 2 aliphatic carbocycles. The monoisotopic (exact) mass is 524 g/mol. The Kier molecular flexibility index (Phi) is 7.25. The number of hydrogen-bond donors (Lipinski definition) is 1. The van der Waals surface area contributed by atoms with Crippen molar-refractivity contribution in [3.8, 4) is 0 Å². The number of amides is 2. The molecule has 0 unspecified atom stereocenters. The van der Waals surface area contributed by atoms with E-state index in [1.54, 1.807) is 16.4 Å². The summed E-state index contributed by atoms with van der Waals surface area (Å²) in [4.78, 5) is 33.5. The van der Waals surface area contributed by atoms with Gasteiger partial charge in [-0.3, -0.25) is 19.4 Å². The number of aliphatic hydroxyl groups excluding tert-OH is 1. The number of imide groups is 1. The van der Waals surface area contributed by atoms with E-state index in [0.29, 0.717) is 24.8 Å². The van der Waals surface area contributed by atoms with E-state index in [1.165, 1.54) is 29.3 Å². The zero-order chi connectivity index (χ0) is 25.5. The van der Waals surface area contributed by atoms with Gasteiger partial charge in [0.15, 0.2) is 0 Å². The third kappa shape index (κ3) is 4.70. The molecule has 7 nitrogen and oxygen atoms in total. The molecule has 3 heterocycles. The highest BCUT2D eigenvalue weighted by Gasteiger charge is 2.57. The van der Waals surface area contributed by atoms with Crippen molar-refractivity contribution in [1.82, 2.24) is 14.2 Å². The fraction of sp³-hybridized carbons (Fsp3) is 0.690. The number of nitrogens with zero attached hydrogens (tertiary/aromatic N) is 4. The normalized spacial score (nSPS) is 33.0. The minimum atomic E-state index is -0.202. The lowest BCUT2D eigenvalue weighted by molar-refractivity contribution is -0.142. The standard InChI is InChI=1S/C29H40N4O3S/c1-19-16-20(10-15-34)26-25(19)28(35)33(29(26)36)18-22-7-3-2-6-21(22)17-31-11-13-32(14-12-31)27-23-8-4-5-9-24(23)37-30-27/h4-5,8-9,19-22,25-26,34H,2-3,6-7,10-18H2,1H3/t19-,20+,21+,22+,25+,26-/m1/s1. The van der Waals surface area contributed by atoms with Crippen LogP contribution in [-0.4, -0.2) is 77.0 Å². The predicted octanol–water partition coefficient (Wildman–Crippen LogP) is 3.86. The molecule has 2 amide bonds. The van der Waals surface area contributed by atoms with Gasteiger partial charge in [-0.1, -0.05) is 31.9 Å². The van der Waals surface area contributed by atoms with E-state index in [0.717, 1.165) is 51.4 Å². The van der Waals surface area contributed by atoms with E-state index >= 15 is 0 Å². The van der Waals surface area contributed by atoms with Crippen LogP contribution in [0.4, 0.5) is 5.82 Å². The molecule has 200 valence electrons. The Morgan fingerprint density at radius 2 is 1.65 bits per heavy atom. The van der Waals surface area contributed by atoms with Gasteiger partial charge in [0.2, 0.25) is 11.8 Å². The van der Waals surface area contributed by atoms with Crippen LogP contribution >= 0.6 is 11.5 Å². The van der Waals surface area contributed by atoms with Crippen LogP contribution in [0, 0.1) is 35.5 Å². The van der Waals surface area contributed by atoms with E-state index in [9.17, 15) is 14.7 Å². The molecule has 8 heteroatoms. The van der Waals surface area contributed by atoms with Crippen LogP contribution in [0.3, 0.4) is 0 Å². The van der Waals surface area contributed by atoms with Gasteiger partial charge >= 0.3 is 0 Å². The van der Waals surface area contributed by atoms with Gasteiger partial charge in [-0.15, -0.1) is 0 Å². The van der Waals surface area contributed by atoms with E-state index in [1.807, 2.05) is 0 Å². The zero-order valence-electron chi connectivity index (χ0n) is 21.9. The summed E-state index contributed by atoms with van der Waals surface area (Å²) in [5.74, 6) is 2.19. The molecule has 2 saturated carbocycles. The average molecular weight is 525 g/mol. The predicted molar refractivity (Wildman–Crippen MR) is 146 cm³/mol. The summed E-state index contributed by atoms with van der Waals surface area (Å²) in [5, 5.41) is 10.8. The lowest BCUT2D eigenvalue weighted by atomic mass is 9.78. The van der Waals surface area contributed by atoms with Gasteiger partial charge in [-0.2, -0.15) is 4.37 Å². The maximum atomic E-state index is 13.4. The third-order valence-corrected chi connectivity index (χ3v) is 10.6. The van der Waals surface area contributed by atoms with Crippen molar-refractivity contribution in [3.63, 3.8) is 0 Å². The number of likely N-dealkylation sites (tertiary alicyclic amines) is 1. The van der Waals surface area contributed by atoms with E-state index in [-0.39, 0.29) is 42.1 Å². The maximum Gasteiger partial charge on any atom is 0.233 e. The highest BCUT2D eigenvalue weighted by molar-refractivity contribution is 7.13. The number of carbonyl (C=O) groups is 2. The summed E-state index contributed by atoms with van der Waals surface area (Å²) < 4.78 is 6.00. The Bertz CT molecular complexity index is 1130. The van der Waals surface area contributed by atoms with Crippen LogP contribution in [0.2, 0.25) is 0 Å². The van der Waals surface area contributed by atoms with Crippen molar-refractivity contribution in [2.75, 3.05) is 50.8 Å². The summed E-state index contributed by atoms with van der Waals surface area (Å²) in [5.41, 5.74) is 0. The second kappa shape index (κ2) is 10.6. The zero-order valence-corrected chi connectivity index (χ0v) is 22.7. The number of hydrogen-bond acceptors (Lipinski definition) is 7. The lowest BCUT2D eigenvalue weighted by Crippen LogP contribution is -2.49. The molecule has 0 radical (unpaired) electrons. The first kappa shape index (κ1) is 25.3. The first-order chi connectivity index (χ1) is 18.0. The summed E-state index contributed by atoms with van der Waals surface area (Å²) in [6.07, 6.45) is 6.25. The van der Waals surface area contributed by atoms with Crippen molar-refractivity contribution in [2.45, 2.75) is 45.4 Å². The topological polar surface area (TPSA) is 77.0 Å². The van der Waals surface area contributed by atoms with Crippen LogP contribution < -0.4 is 4.90 Å². The quantitative estimate of drug-likeness (QED) is 0.555. The first-order valence-electron chi connectivity index (χ1n) is 14.3. The number of fused-ring (bicyclic) bond motifs is 2. The molecule has 4 fully saturated rings. The number of aliphatic hydroxyl groups is 1. The lowest BCUT2D eigenvalue weighted by Gasteiger charge is -2.40. The highest BCUT2D eigenvalue weighted by atomic mass is 32.1. The van der Waals surface area contributed by atoms with E-state index < -0.39 is 0 Å². The van der Waals surface area contributed by atoms with Crippen molar-refractivity contribution in [2.24, 2.45) is 35.5 Å². The third-order valence-electron chi connectivity index (χ3n) is 9.79. The Labute approximate surface area is 224 Å². The van der Waals surface area contributed by atoms with Crippen LogP contribution in [0.1, 0.15) is 45.4 Å². The molecule has 4 aliphatic rings. The highest BCUT2D eigenvalue weighted by Crippen LogP contribution is 2.49. The molecule has 1 N–H and O–H groups in total. The van der Waals surface area contributed by atoms with Gasteiger partial charge in [0, 0.05) is 51.3 Å². The average Bonchev–Trinajstić information content (AvgIpc) is 3.55. The summed E-state index contributed by atoms with van der Waals surface area (Å²) in [6.45, 7) is 7.90. The SMILES string of the molecule is C[C@@H]1C[C@H](CCO)[C@H]2C(=O)N(C[C@@H]3CCCC[C@H]3CN3CCN(c4nsc5ccccc45)CC3)C(=O)[C@H]21. The Morgan fingerprint density at radius 3 is 2.41 bits per heavy atom. The largest absolute Gasteiger partial charge is 0.396 e. The van der Waals surface area contributed by atoms with Crippen LogP contribution in [0.25, 0.3) is 10.1 Å². The van der Waals surface area contributed by atoms with Crippen molar-refractivity contribution in [1.29, 1.82) is 0 Å². The van der Waals surface area contributed by atoms with Crippen molar-refractivity contribution in [3.05, 3.63) is 24.3 Å². The van der Waals surface area contributed by atoms with Gasteiger partial charge in [0.05, 0.1) is 16.5 Å². The minimum absolute atomic E-state index is 0.0474. The fourth-order valence-electron chi connectivity index (χ4n) is 7.86. The molecule has 37 heavy (non-hydrogen) atoms. The Balaban J connectivity index is 1.08. The first-order valence-corrected chi connectivity index (χ1v) is 15.1. The van der Waals surface area contributed by atoms with Crippen molar-refractivity contribution < 1.29 is 14.7 Å². The minimum Gasteiger partial charge on any atom is -0.396 e. The molecule has 6 rings (SSSR count). The Hall–Kier alpha value is -2.03. The molecule has 2 aliphatic heterocycles. The number of aromatic nitrogens is 1. The molecule has 1 aromatic carbocycles. The van der Waals surface area contributed by atoms with Gasteiger partial charge in [0.25, 0.3) is 0 Å². The molecular formula is C29H40N4O3S. The molecule has 0 spiro atoms. The number of anilines is 1. The number of benzene rings is 1.